The molecule has 0 amide bonds. The molecule has 0 saturated heterocycles. The Bertz CT molecular complexity index is 1160. The third-order valence-electron chi connectivity index (χ3n) is 10.7. The SMILES string of the molecule is CC/C=C\C/C=C\C/C=C\C/C=C\CCCCC(=O)OC[C@@H](COC(=O)CCCCCCC/C=C\CCCCCCC)OC(=O)CCCCCCC/C=C\CCCCCCC. The fraction of sp³-hybridized carbons (Fsp3) is 0.727. The lowest BCUT2D eigenvalue weighted by molar-refractivity contribution is -0.167. The van der Waals surface area contributed by atoms with Crippen molar-refractivity contribution in [2.45, 2.75) is 245 Å². The Hall–Kier alpha value is -3.15. The van der Waals surface area contributed by atoms with E-state index in [0.717, 1.165) is 103 Å². The van der Waals surface area contributed by atoms with Gasteiger partial charge in [-0.2, -0.15) is 0 Å². The molecular formula is C55H94O6. The summed E-state index contributed by atoms with van der Waals surface area (Å²) in [4.78, 5) is 37.9. The summed E-state index contributed by atoms with van der Waals surface area (Å²) in [6, 6.07) is 0. The molecule has 0 aliphatic rings. The second-order valence-electron chi connectivity index (χ2n) is 16.7. The number of hydrogen-bond donors (Lipinski definition) is 0. The summed E-state index contributed by atoms with van der Waals surface area (Å²) in [6.07, 6.45) is 61.7. The summed E-state index contributed by atoms with van der Waals surface area (Å²) in [5.41, 5.74) is 0. The van der Waals surface area contributed by atoms with Gasteiger partial charge in [0.1, 0.15) is 13.2 Å². The highest BCUT2D eigenvalue weighted by Crippen LogP contribution is 2.13. The monoisotopic (exact) mass is 851 g/mol. The maximum Gasteiger partial charge on any atom is 0.306 e. The third kappa shape index (κ3) is 47.7. The lowest BCUT2D eigenvalue weighted by Crippen LogP contribution is -2.30. The molecule has 0 aromatic rings. The van der Waals surface area contributed by atoms with Gasteiger partial charge in [-0.05, 0) is 109 Å². The van der Waals surface area contributed by atoms with Crippen LogP contribution in [0.5, 0.6) is 0 Å². The van der Waals surface area contributed by atoms with Gasteiger partial charge in [0.15, 0.2) is 6.10 Å². The van der Waals surface area contributed by atoms with Gasteiger partial charge in [0.25, 0.3) is 0 Å². The summed E-state index contributed by atoms with van der Waals surface area (Å²) >= 11 is 0. The van der Waals surface area contributed by atoms with Crippen molar-refractivity contribution in [1.29, 1.82) is 0 Å². The van der Waals surface area contributed by atoms with Crippen LogP contribution in [-0.2, 0) is 28.6 Å². The van der Waals surface area contributed by atoms with Crippen LogP contribution in [0.25, 0.3) is 0 Å². The van der Waals surface area contributed by atoms with Gasteiger partial charge in [-0.25, -0.2) is 0 Å². The van der Waals surface area contributed by atoms with Crippen LogP contribution in [0.3, 0.4) is 0 Å². The Balaban J connectivity index is 4.48. The number of unbranched alkanes of at least 4 members (excludes halogenated alkanes) is 22. The Labute approximate surface area is 376 Å². The molecule has 6 nitrogen and oxygen atoms in total. The first-order valence-electron chi connectivity index (χ1n) is 25.4. The quantitative estimate of drug-likeness (QED) is 0.0263. The maximum atomic E-state index is 12.8. The van der Waals surface area contributed by atoms with E-state index in [9.17, 15) is 14.4 Å². The number of carbonyl (C=O) groups is 3. The predicted molar refractivity (Wildman–Crippen MR) is 261 cm³/mol. The lowest BCUT2D eigenvalue weighted by atomic mass is 10.1. The first-order chi connectivity index (χ1) is 30.0. The van der Waals surface area contributed by atoms with Gasteiger partial charge < -0.3 is 14.2 Å². The van der Waals surface area contributed by atoms with E-state index in [4.69, 9.17) is 14.2 Å². The van der Waals surface area contributed by atoms with Gasteiger partial charge in [0, 0.05) is 19.3 Å². The molecule has 0 aromatic heterocycles. The number of allylic oxidation sites excluding steroid dienone is 12. The van der Waals surface area contributed by atoms with E-state index in [1.807, 2.05) is 0 Å². The second kappa shape index (κ2) is 49.5. The van der Waals surface area contributed by atoms with Crippen LogP contribution in [-0.4, -0.2) is 37.2 Å². The van der Waals surface area contributed by atoms with Crippen molar-refractivity contribution in [3.63, 3.8) is 0 Å². The zero-order valence-electron chi connectivity index (χ0n) is 39.9. The van der Waals surface area contributed by atoms with Crippen molar-refractivity contribution in [3.05, 3.63) is 72.9 Å². The standard InChI is InChI=1S/C55H94O6/c1-4-7-10-13-16-19-22-25-28-31-33-36-39-42-45-48-54(57)60-51-52(61-55(58)49-46-43-40-37-34-30-27-24-21-18-15-12-9-6-3)50-59-53(56)47-44-41-38-35-32-29-26-23-20-17-14-11-8-5-2/h7,10,16,19,23-28,33,36,52H,4-6,8-9,11-15,17-18,20-22,29-32,34-35,37-51H2,1-3H3/b10-7-,19-16-,26-23-,27-24-,28-25-,36-33-/t52-/m1/s1. The molecule has 61 heavy (non-hydrogen) atoms. The summed E-state index contributed by atoms with van der Waals surface area (Å²) < 4.78 is 16.7. The van der Waals surface area contributed by atoms with Crippen LogP contribution in [0.2, 0.25) is 0 Å². The average Bonchev–Trinajstić information content (AvgIpc) is 3.26. The molecule has 0 radical (unpaired) electrons. The number of carbonyl (C=O) groups excluding carboxylic acids is 3. The summed E-state index contributed by atoms with van der Waals surface area (Å²) in [6.45, 7) is 6.45. The van der Waals surface area contributed by atoms with E-state index in [0.29, 0.717) is 19.3 Å². The summed E-state index contributed by atoms with van der Waals surface area (Å²) in [5, 5.41) is 0. The molecule has 0 aliphatic heterocycles. The zero-order chi connectivity index (χ0) is 44.4. The molecule has 0 heterocycles. The number of esters is 3. The zero-order valence-corrected chi connectivity index (χ0v) is 39.9. The highest BCUT2D eigenvalue weighted by molar-refractivity contribution is 5.71. The molecule has 0 aliphatic carbocycles. The fourth-order valence-electron chi connectivity index (χ4n) is 6.83. The van der Waals surface area contributed by atoms with E-state index >= 15 is 0 Å². The van der Waals surface area contributed by atoms with Crippen molar-refractivity contribution < 1.29 is 28.6 Å². The highest BCUT2D eigenvalue weighted by atomic mass is 16.6. The topological polar surface area (TPSA) is 78.9 Å². The van der Waals surface area contributed by atoms with Crippen LogP contribution < -0.4 is 0 Å². The minimum atomic E-state index is -0.799. The van der Waals surface area contributed by atoms with E-state index in [-0.39, 0.29) is 31.1 Å². The van der Waals surface area contributed by atoms with Gasteiger partial charge in [-0.3, -0.25) is 14.4 Å². The molecule has 350 valence electrons. The van der Waals surface area contributed by atoms with Gasteiger partial charge in [0.05, 0.1) is 0 Å². The van der Waals surface area contributed by atoms with Gasteiger partial charge >= 0.3 is 17.9 Å². The van der Waals surface area contributed by atoms with Crippen LogP contribution in [0, 0.1) is 0 Å². The maximum absolute atomic E-state index is 12.8. The molecular weight excluding hydrogens is 757 g/mol. The molecule has 0 fully saturated rings. The fourth-order valence-corrected chi connectivity index (χ4v) is 6.83. The number of ether oxygens (including phenoxy) is 3. The predicted octanol–water partition coefficient (Wildman–Crippen LogP) is 16.6. The Kier molecular flexibility index (Phi) is 46.9. The Morgan fingerprint density at radius 3 is 1.05 bits per heavy atom. The molecule has 6 heteroatoms. The number of hydrogen-bond acceptors (Lipinski definition) is 6. The van der Waals surface area contributed by atoms with Gasteiger partial charge in [-0.15, -0.1) is 0 Å². The van der Waals surface area contributed by atoms with Crippen LogP contribution in [0.1, 0.15) is 239 Å². The van der Waals surface area contributed by atoms with E-state index in [1.54, 1.807) is 0 Å². The van der Waals surface area contributed by atoms with Crippen LogP contribution in [0.15, 0.2) is 72.9 Å². The van der Waals surface area contributed by atoms with Crippen LogP contribution >= 0.6 is 0 Å². The molecule has 0 rings (SSSR count). The number of rotatable bonds is 45. The largest absolute Gasteiger partial charge is 0.462 e. The molecule has 0 bridgehead atoms. The highest BCUT2D eigenvalue weighted by Gasteiger charge is 2.19. The first kappa shape index (κ1) is 57.9. The minimum absolute atomic E-state index is 0.0963. The van der Waals surface area contributed by atoms with Crippen molar-refractivity contribution in [3.8, 4) is 0 Å². The van der Waals surface area contributed by atoms with Crippen molar-refractivity contribution in [1.82, 2.24) is 0 Å². The summed E-state index contributed by atoms with van der Waals surface area (Å²) in [7, 11) is 0. The smallest absolute Gasteiger partial charge is 0.306 e. The van der Waals surface area contributed by atoms with E-state index < -0.39 is 6.10 Å². The second-order valence-corrected chi connectivity index (χ2v) is 16.7. The minimum Gasteiger partial charge on any atom is -0.462 e. The normalized spacial score (nSPS) is 12.6. The molecule has 0 aromatic carbocycles. The van der Waals surface area contributed by atoms with E-state index in [1.165, 1.54) is 96.3 Å². The van der Waals surface area contributed by atoms with Crippen molar-refractivity contribution in [2.75, 3.05) is 13.2 Å². The molecule has 1 atom stereocenters. The molecule has 0 N–H and O–H groups in total. The Morgan fingerprint density at radius 1 is 0.344 bits per heavy atom. The van der Waals surface area contributed by atoms with Crippen LogP contribution in [0.4, 0.5) is 0 Å². The third-order valence-corrected chi connectivity index (χ3v) is 10.7. The van der Waals surface area contributed by atoms with E-state index in [2.05, 4.69) is 93.7 Å². The average molecular weight is 851 g/mol. The first-order valence-corrected chi connectivity index (χ1v) is 25.4. The van der Waals surface area contributed by atoms with Crippen molar-refractivity contribution in [2.24, 2.45) is 0 Å². The van der Waals surface area contributed by atoms with Gasteiger partial charge in [0.2, 0.25) is 0 Å². The molecule has 0 saturated carbocycles. The van der Waals surface area contributed by atoms with Gasteiger partial charge in [-0.1, -0.05) is 184 Å². The Morgan fingerprint density at radius 2 is 0.639 bits per heavy atom. The molecule has 0 unspecified atom stereocenters. The molecule has 0 spiro atoms. The van der Waals surface area contributed by atoms with Crippen molar-refractivity contribution >= 4 is 17.9 Å². The summed E-state index contributed by atoms with van der Waals surface area (Å²) in [5.74, 6) is -0.956. The lowest BCUT2D eigenvalue weighted by Gasteiger charge is -2.18.